The Balaban J connectivity index is 2.67. The van der Waals surface area contributed by atoms with Crippen LogP contribution in [-0.4, -0.2) is 27.5 Å². The molecule has 14 heavy (non-hydrogen) atoms. The first-order valence-electron chi connectivity index (χ1n) is 4.89. The van der Waals surface area contributed by atoms with Crippen LogP contribution in [0.3, 0.4) is 0 Å². The van der Waals surface area contributed by atoms with Gasteiger partial charge in [0.1, 0.15) is 0 Å². The summed E-state index contributed by atoms with van der Waals surface area (Å²) in [6.07, 6.45) is 0. The fourth-order valence-electron chi connectivity index (χ4n) is 1.41. The van der Waals surface area contributed by atoms with Crippen LogP contribution >= 0.6 is 0 Å². The maximum atomic E-state index is 8.87. The molecular formula is C10H19N3O. The van der Waals surface area contributed by atoms with E-state index in [4.69, 9.17) is 5.11 Å². The van der Waals surface area contributed by atoms with E-state index < -0.39 is 0 Å². The van der Waals surface area contributed by atoms with Crippen LogP contribution in [0.5, 0.6) is 0 Å². The molecule has 1 unspecified atom stereocenters. The third-order valence-corrected chi connectivity index (χ3v) is 2.56. The number of nitrogens with zero attached hydrogens (tertiary/aromatic N) is 2. The van der Waals surface area contributed by atoms with Gasteiger partial charge in [0.2, 0.25) is 0 Å². The number of hydrogen-bond donors (Lipinski definition) is 2. The van der Waals surface area contributed by atoms with Gasteiger partial charge in [-0.25, -0.2) is 0 Å². The van der Waals surface area contributed by atoms with Crippen LogP contribution in [0.25, 0.3) is 0 Å². The predicted octanol–water partition coefficient (Wildman–Crippen LogP) is 0.507. The van der Waals surface area contributed by atoms with Crippen molar-refractivity contribution in [3.8, 4) is 0 Å². The molecule has 1 aromatic rings. The number of aromatic nitrogens is 2. The Kier molecular flexibility index (Phi) is 3.66. The Morgan fingerprint density at radius 3 is 2.57 bits per heavy atom. The van der Waals surface area contributed by atoms with Gasteiger partial charge in [0.15, 0.2) is 0 Å². The highest BCUT2D eigenvalue weighted by Gasteiger charge is 2.09. The van der Waals surface area contributed by atoms with Crippen LogP contribution in [0, 0.1) is 13.8 Å². The normalized spacial score (nSPS) is 13.2. The lowest BCUT2D eigenvalue weighted by molar-refractivity contribution is 0.251. The molecular weight excluding hydrogens is 178 g/mol. The Labute approximate surface area is 84.9 Å². The Morgan fingerprint density at radius 2 is 2.14 bits per heavy atom. The summed E-state index contributed by atoms with van der Waals surface area (Å²) in [7, 11) is 1.95. The Bertz CT molecular complexity index is 307. The van der Waals surface area contributed by atoms with Gasteiger partial charge >= 0.3 is 0 Å². The smallest absolute Gasteiger partial charge is 0.0641 e. The van der Waals surface area contributed by atoms with E-state index in [0.29, 0.717) is 0 Å². The van der Waals surface area contributed by atoms with Crippen LogP contribution in [0.4, 0.5) is 0 Å². The summed E-state index contributed by atoms with van der Waals surface area (Å²) in [5, 5.41) is 16.4. The molecule has 0 saturated carbocycles. The third kappa shape index (κ3) is 2.33. The number of nitrogens with one attached hydrogen (secondary N) is 1. The SMILES string of the molecule is Cc1nn(C)c(C)c1CNC(C)CO. The molecule has 1 heterocycles. The number of aliphatic hydroxyl groups is 1. The van der Waals surface area contributed by atoms with Gasteiger partial charge < -0.3 is 10.4 Å². The molecule has 1 atom stereocenters. The van der Waals surface area contributed by atoms with Crippen LogP contribution in [-0.2, 0) is 13.6 Å². The van der Waals surface area contributed by atoms with E-state index in [1.807, 2.05) is 25.6 Å². The molecule has 2 N–H and O–H groups in total. The van der Waals surface area contributed by atoms with Gasteiger partial charge in [0.25, 0.3) is 0 Å². The summed E-state index contributed by atoms with van der Waals surface area (Å²) in [5.41, 5.74) is 3.47. The minimum absolute atomic E-state index is 0.133. The number of hydrogen-bond acceptors (Lipinski definition) is 3. The first kappa shape index (κ1) is 11.2. The van der Waals surface area contributed by atoms with Gasteiger partial charge in [-0.05, 0) is 20.8 Å². The second-order valence-corrected chi connectivity index (χ2v) is 3.74. The second kappa shape index (κ2) is 4.57. The van der Waals surface area contributed by atoms with Crippen molar-refractivity contribution in [2.75, 3.05) is 6.61 Å². The first-order chi connectivity index (χ1) is 6.56. The molecule has 0 spiro atoms. The van der Waals surface area contributed by atoms with Crippen molar-refractivity contribution in [2.24, 2.45) is 7.05 Å². The molecule has 0 aliphatic heterocycles. The van der Waals surface area contributed by atoms with Crippen molar-refractivity contribution in [1.82, 2.24) is 15.1 Å². The average molecular weight is 197 g/mol. The molecule has 0 fully saturated rings. The van der Waals surface area contributed by atoms with E-state index >= 15 is 0 Å². The van der Waals surface area contributed by atoms with Crippen molar-refractivity contribution in [3.05, 3.63) is 17.0 Å². The average Bonchev–Trinajstić information content (AvgIpc) is 2.39. The molecule has 0 aliphatic carbocycles. The summed E-state index contributed by atoms with van der Waals surface area (Å²) in [5.74, 6) is 0. The van der Waals surface area contributed by atoms with Gasteiger partial charge in [-0.1, -0.05) is 0 Å². The zero-order chi connectivity index (χ0) is 10.7. The van der Waals surface area contributed by atoms with Gasteiger partial charge in [0, 0.05) is 30.9 Å². The zero-order valence-corrected chi connectivity index (χ0v) is 9.33. The van der Waals surface area contributed by atoms with Crippen LogP contribution in [0.15, 0.2) is 0 Å². The minimum atomic E-state index is 0.133. The van der Waals surface area contributed by atoms with E-state index in [9.17, 15) is 0 Å². The molecule has 1 aromatic heterocycles. The van der Waals surface area contributed by atoms with Crippen LogP contribution < -0.4 is 5.32 Å². The monoisotopic (exact) mass is 197 g/mol. The second-order valence-electron chi connectivity index (χ2n) is 3.74. The fourth-order valence-corrected chi connectivity index (χ4v) is 1.41. The van der Waals surface area contributed by atoms with Crippen molar-refractivity contribution in [1.29, 1.82) is 0 Å². The number of aliphatic hydroxyl groups excluding tert-OH is 1. The molecule has 4 heteroatoms. The quantitative estimate of drug-likeness (QED) is 0.739. The molecule has 80 valence electrons. The third-order valence-electron chi connectivity index (χ3n) is 2.56. The van der Waals surface area contributed by atoms with Gasteiger partial charge in [-0.2, -0.15) is 5.10 Å². The van der Waals surface area contributed by atoms with E-state index in [1.54, 1.807) is 0 Å². The minimum Gasteiger partial charge on any atom is -0.395 e. The van der Waals surface area contributed by atoms with Gasteiger partial charge in [0.05, 0.1) is 12.3 Å². The standard InChI is InChI=1S/C10H19N3O/c1-7(6-14)11-5-10-8(2)12-13(4)9(10)3/h7,11,14H,5-6H2,1-4H3. The van der Waals surface area contributed by atoms with E-state index in [1.165, 1.54) is 11.3 Å². The zero-order valence-electron chi connectivity index (χ0n) is 9.33. The van der Waals surface area contributed by atoms with Crippen molar-refractivity contribution in [2.45, 2.75) is 33.4 Å². The highest BCUT2D eigenvalue weighted by Crippen LogP contribution is 2.11. The largest absolute Gasteiger partial charge is 0.395 e. The molecule has 0 aliphatic rings. The van der Waals surface area contributed by atoms with Crippen molar-refractivity contribution in [3.63, 3.8) is 0 Å². The van der Waals surface area contributed by atoms with Crippen molar-refractivity contribution >= 4 is 0 Å². The summed E-state index contributed by atoms with van der Waals surface area (Å²) < 4.78 is 1.88. The summed E-state index contributed by atoms with van der Waals surface area (Å²) >= 11 is 0. The number of aryl methyl sites for hydroxylation is 2. The van der Waals surface area contributed by atoms with Crippen LogP contribution in [0.1, 0.15) is 23.9 Å². The molecule has 0 radical (unpaired) electrons. The predicted molar refractivity (Wildman–Crippen MR) is 56.1 cm³/mol. The summed E-state index contributed by atoms with van der Waals surface area (Å²) in [4.78, 5) is 0. The Morgan fingerprint density at radius 1 is 1.50 bits per heavy atom. The molecule has 0 aromatic carbocycles. The van der Waals surface area contributed by atoms with Crippen LogP contribution in [0.2, 0.25) is 0 Å². The maximum absolute atomic E-state index is 8.87. The lowest BCUT2D eigenvalue weighted by Crippen LogP contribution is -2.29. The molecule has 0 amide bonds. The fraction of sp³-hybridized carbons (Fsp3) is 0.700. The molecule has 0 saturated heterocycles. The highest BCUT2D eigenvalue weighted by atomic mass is 16.3. The topological polar surface area (TPSA) is 50.1 Å². The molecule has 4 nitrogen and oxygen atoms in total. The van der Waals surface area contributed by atoms with E-state index in [0.717, 1.165) is 12.2 Å². The van der Waals surface area contributed by atoms with Gasteiger partial charge in [-0.3, -0.25) is 4.68 Å². The van der Waals surface area contributed by atoms with Crippen molar-refractivity contribution < 1.29 is 5.11 Å². The molecule has 0 bridgehead atoms. The van der Waals surface area contributed by atoms with Gasteiger partial charge in [-0.15, -0.1) is 0 Å². The summed E-state index contributed by atoms with van der Waals surface area (Å²) in [6.45, 7) is 6.96. The maximum Gasteiger partial charge on any atom is 0.0641 e. The number of rotatable bonds is 4. The first-order valence-corrected chi connectivity index (χ1v) is 4.89. The van der Waals surface area contributed by atoms with E-state index in [-0.39, 0.29) is 12.6 Å². The Hall–Kier alpha value is -0.870. The summed E-state index contributed by atoms with van der Waals surface area (Å²) in [6, 6.07) is 0.133. The molecule has 1 rings (SSSR count). The van der Waals surface area contributed by atoms with E-state index in [2.05, 4.69) is 17.3 Å². The lowest BCUT2D eigenvalue weighted by atomic mass is 10.2. The highest BCUT2D eigenvalue weighted by molar-refractivity contribution is 5.24. The lowest BCUT2D eigenvalue weighted by Gasteiger charge is -2.10.